The van der Waals surface area contributed by atoms with Crippen molar-refractivity contribution in [1.82, 2.24) is 0 Å². The highest BCUT2D eigenvalue weighted by molar-refractivity contribution is 7.12. The van der Waals surface area contributed by atoms with Gasteiger partial charge in [0.2, 0.25) is 0 Å². The van der Waals surface area contributed by atoms with Gasteiger partial charge in [-0.1, -0.05) is 45.4 Å². The second kappa shape index (κ2) is 7.88. The summed E-state index contributed by atoms with van der Waals surface area (Å²) in [7, 11) is 0. The Labute approximate surface area is 110 Å². The highest BCUT2D eigenvalue weighted by Crippen LogP contribution is 2.28. The van der Waals surface area contributed by atoms with Gasteiger partial charge >= 0.3 is 0 Å². The molecule has 1 aromatic rings. The monoisotopic (exact) mass is 253 g/mol. The fourth-order valence-electron chi connectivity index (χ4n) is 2.07. The maximum absolute atomic E-state index is 6.23. The Kier molecular flexibility index (Phi) is 6.83. The Hall–Kier alpha value is -0.340. The highest BCUT2D eigenvalue weighted by Gasteiger charge is 2.09. The molecular weight excluding hydrogens is 226 g/mol. The van der Waals surface area contributed by atoms with Gasteiger partial charge in [-0.2, -0.15) is 0 Å². The lowest BCUT2D eigenvalue weighted by atomic mass is 10.0. The molecular formula is C15H27NS. The average Bonchev–Trinajstić information content (AvgIpc) is 2.64. The standard InChI is InChI=1S/C15H27NS/c1-4-5-6-7-8-9-10-14(16)15-11-12(2)13(3)17-15/h11,14H,4-10,16H2,1-3H3. The van der Waals surface area contributed by atoms with Gasteiger partial charge in [0.15, 0.2) is 0 Å². The topological polar surface area (TPSA) is 26.0 Å². The minimum Gasteiger partial charge on any atom is -0.323 e. The number of hydrogen-bond donors (Lipinski definition) is 1. The van der Waals surface area contributed by atoms with E-state index in [4.69, 9.17) is 5.73 Å². The van der Waals surface area contributed by atoms with Gasteiger partial charge in [0.05, 0.1) is 0 Å². The van der Waals surface area contributed by atoms with Crippen molar-refractivity contribution in [3.8, 4) is 0 Å². The van der Waals surface area contributed by atoms with Gasteiger partial charge in [0, 0.05) is 15.8 Å². The van der Waals surface area contributed by atoms with Gasteiger partial charge in [-0.05, 0) is 31.9 Å². The van der Waals surface area contributed by atoms with Crippen LogP contribution in [-0.4, -0.2) is 0 Å². The van der Waals surface area contributed by atoms with Gasteiger partial charge in [-0.15, -0.1) is 11.3 Å². The van der Waals surface area contributed by atoms with E-state index in [1.807, 2.05) is 11.3 Å². The maximum atomic E-state index is 6.23. The fraction of sp³-hybridized carbons (Fsp3) is 0.733. The highest BCUT2D eigenvalue weighted by atomic mass is 32.1. The molecule has 0 radical (unpaired) electrons. The summed E-state index contributed by atoms with van der Waals surface area (Å²) in [6.45, 7) is 6.62. The molecule has 2 heteroatoms. The lowest BCUT2D eigenvalue weighted by Gasteiger charge is -2.09. The minimum absolute atomic E-state index is 0.263. The first kappa shape index (κ1) is 14.7. The van der Waals surface area contributed by atoms with Crippen LogP contribution in [-0.2, 0) is 0 Å². The van der Waals surface area contributed by atoms with E-state index in [0.717, 1.165) is 6.42 Å². The summed E-state index contributed by atoms with van der Waals surface area (Å²) in [4.78, 5) is 2.78. The van der Waals surface area contributed by atoms with E-state index in [1.165, 1.54) is 53.8 Å². The largest absolute Gasteiger partial charge is 0.323 e. The van der Waals surface area contributed by atoms with Crippen LogP contribution in [0.15, 0.2) is 6.07 Å². The molecule has 1 unspecified atom stereocenters. The van der Waals surface area contributed by atoms with Crippen molar-refractivity contribution in [2.24, 2.45) is 5.73 Å². The normalized spacial score (nSPS) is 12.9. The van der Waals surface area contributed by atoms with E-state index in [0.29, 0.717) is 0 Å². The molecule has 0 saturated carbocycles. The Balaban J connectivity index is 2.19. The van der Waals surface area contributed by atoms with Crippen LogP contribution in [0.4, 0.5) is 0 Å². The Morgan fingerprint density at radius 1 is 1.12 bits per heavy atom. The van der Waals surface area contributed by atoms with Crippen molar-refractivity contribution in [3.05, 3.63) is 21.4 Å². The molecule has 0 bridgehead atoms. The second-order valence-electron chi connectivity index (χ2n) is 5.05. The summed E-state index contributed by atoms with van der Waals surface area (Å²) < 4.78 is 0. The van der Waals surface area contributed by atoms with Crippen molar-refractivity contribution >= 4 is 11.3 Å². The lowest BCUT2D eigenvalue weighted by Crippen LogP contribution is -2.08. The molecule has 98 valence electrons. The van der Waals surface area contributed by atoms with Crippen molar-refractivity contribution in [2.45, 2.75) is 71.8 Å². The number of nitrogens with two attached hydrogens (primary N) is 1. The molecule has 0 fully saturated rings. The third kappa shape index (κ3) is 5.22. The van der Waals surface area contributed by atoms with Crippen molar-refractivity contribution < 1.29 is 0 Å². The van der Waals surface area contributed by atoms with E-state index in [9.17, 15) is 0 Å². The van der Waals surface area contributed by atoms with Gasteiger partial charge in [-0.3, -0.25) is 0 Å². The molecule has 0 aliphatic carbocycles. The predicted octanol–water partition coefficient (Wildman–Crippen LogP) is 5.12. The molecule has 0 saturated heterocycles. The summed E-state index contributed by atoms with van der Waals surface area (Å²) >= 11 is 1.87. The van der Waals surface area contributed by atoms with Gasteiger partial charge in [0.25, 0.3) is 0 Å². The fourth-order valence-corrected chi connectivity index (χ4v) is 3.15. The molecule has 0 aliphatic rings. The number of hydrogen-bond acceptors (Lipinski definition) is 2. The number of unbranched alkanes of at least 4 members (excludes halogenated alkanes) is 5. The first-order chi connectivity index (χ1) is 8.15. The van der Waals surface area contributed by atoms with Crippen LogP contribution in [0.1, 0.15) is 73.2 Å². The molecule has 1 heterocycles. The van der Waals surface area contributed by atoms with Crippen LogP contribution in [0, 0.1) is 13.8 Å². The molecule has 0 aromatic carbocycles. The summed E-state index contributed by atoms with van der Waals surface area (Å²) in [5, 5.41) is 0. The molecule has 1 nitrogen and oxygen atoms in total. The summed E-state index contributed by atoms with van der Waals surface area (Å²) in [6.07, 6.45) is 9.25. The van der Waals surface area contributed by atoms with E-state index < -0.39 is 0 Å². The van der Waals surface area contributed by atoms with E-state index >= 15 is 0 Å². The summed E-state index contributed by atoms with van der Waals surface area (Å²) in [6, 6.07) is 2.53. The zero-order valence-electron chi connectivity index (χ0n) is 11.6. The van der Waals surface area contributed by atoms with Gasteiger partial charge in [0.1, 0.15) is 0 Å². The molecule has 1 atom stereocenters. The minimum atomic E-state index is 0.263. The first-order valence-corrected chi connectivity index (χ1v) is 7.79. The molecule has 0 amide bonds. The van der Waals surface area contributed by atoms with Crippen molar-refractivity contribution in [1.29, 1.82) is 0 Å². The number of aryl methyl sites for hydroxylation is 2. The van der Waals surface area contributed by atoms with Gasteiger partial charge < -0.3 is 5.73 Å². The van der Waals surface area contributed by atoms with E-state index in [-0.39, 0.29) is 6.04 Å². The van der Waals surface area contributed by atoms with Crippen LogP contribution in [0.25, 0.3) is 0 Å². The molecule has 1 rings (SSSR count). The van der Waals surface area contributed by atoms with E-state index in [1.54, 1.807) is 0 Å². The van der Waals surface area contributed by atoms with Crippen LogP contribution in [0.3, 0.4) is 0 Å². The zero-order chi connectivity index (χ0) is 12.7. The lowest BCUT2D eigenvalue weighted by molar-refractivity contribution is 0.551. The number of rotatable bonds is 8. The molecule has 1 aromatic heterocycles. The van der Waals surface area contributed by atoms with Crippen molar-refractivity contribution in [2.75, 3.05) is 0 Å². The number of thiophene rings is 1. The van der Waals surface area contributed by atoms with Crippen molar-refractivity contribution in [3.63, 3.8) is 0 Å². The Morgan fingerprint density at radius 3 is 2.35 bits per heavy atom. The Morgan fingerprint density at radius 2 is 1.76 bits per heavy atom. The first-order valence-electron chi connectivity index (χ1n) is 6.97. The predicted molar refractivity (Wildman–Crippen MR) is 78.7 cm³/mol. The van der Waals surface area contributed by atoms with E-state index in [2.05, 4.69) is 26.8 Å². The quantitative estimate of drug-likeness (QED) is 0.640. The zero-order valence-corrected chi connectivity index (χ0v) is 12.4. The van der Waals surface area contributed by atoms with Crippen LogP contribution >= 0.6 is 11.3 Å². The third-order valence-corrected chi connectivity index (χ3v) is 4.70. The summed E-state index contributed by atoms with van der Waals surface area (Å²) in [5.41, 5.74) is 7.62. The second-order valence-corrected chi connectivity index (χ2v) is 6.34. The molecule has 2 N–H and O–H groups in total. The molecule has 17 heavy (non-hydrogen) atoms. The Bertz CT molecular complexity index is 297. The third-order valence-electron chi connectivity index (χ3n) is 3.42. The molecule has 0 spiro atoms. The molecule has 0 aliphatic heterocycles. The van der Waals surface area contributed by atoms with Crippen LogP contribution in [0.5, 0.6) is 0 Å². The summed E-state index contributed by atoms with van der Waals surface area (Å²) in [5.74, 6) is 0. The van der Waals surface area contributed by atoms with Crippen LogP contribution < -0.4 is 5.73 Å². The SMILES string of the molecule is CCCCCCCCC(N)c1cc(C)c(C)s1. The van der Waals surface area contributed by atoms with Gasteiger partial charge in [-0.25, -0.2) is 0 Å². The van der Waals surface area contributed by atoms with Crippen LogP contribution in [0.2, 0.25) is 0 Å². The average molecular weight is 253 g/mol. The maximum Gasteiger partial charge on any atom is 0.0389 e. The smallest absolute Gasteiger partial charge is 0.0389 e.